The molecule has 1 heterocycles. The van der Waals surface area contributed by atoms with Gasteiger partial charge in [0.2, 0.25) is 0 Å². The fourth-order valence-electron chi connectivity index (χ4n) is 1.04. The molecular formula is C9H13ClN2. The van der Waals surface area contributed by atoms with Crippen LogP contribution in [0.25, 0.3) is 0 Å². The highest BCUT2D eigenvalue weighted by molar-refractivity contribution is 6.16. The second-order valence-corrected chi connectivity index (χ2v) is 3.46. The van der Waals surface area contributed by atoms with Gasteiger partial charge in [-0.05, 0) is 18.4 Å². The quantitative estimate of drug-likeness (QED) is 0.675. The van der Waals surface area contributed by atoms with Crippen molar-refractivity contribution < 1.29 is 0 Å². The summed E-state index contributed by atoms with van der Waals surface area (Å²) in [5.41, 5.74) is 1.08. The first kappa shape index (κ1) is 9.46. The molecule has 0 saturated carbocycles. The van der Waals surface area contributed by atoms with Gasteiger partial charge < -0.3 is 0 Å². The highest BCUT2D eigenvalue weighted by Gasteiger charge is 2.00. The maximum atomic E-state index is 5.61. The van der Waals surface area contributed by atoms with Gasteiger partial charge in [0.05, 0.1) is 5.88 Å². The van der Waals surface area contributed by atoms with E-state index in [4.69, 9.17) is 11.6 Å². The highest BCUT2D eigenvalue weighted by Crippen LogP contribution is 2.05. The van der Waals surface area contributed by atoms with E-state index in [1.54, 1.807) is 6.20 Å². The third-order valence-corrected chi connectivity index (χ3v) is 1.74. The van der Waals surface area contributed by atoms with Crippen LogP contribution in [0, 0.1) is 5.92 Å². The van der Waals surface area contributed by atoms with Crippen LogP contribution >= 0.6 is 11.6 Å². The van der Waals surface area contributed by atoms with E-state index in [0.717, 1.165) is 17.9 Å². The Morgan fingerprint density at radius 3 is 2.83 bits per heavy atom. The summed E-state index contributed by atoms with van der Waals surface area (Å²) in [7, 11) is 0. The smallest absolute Gasteiger partial charge is 0.143 e. The number of nitrogens with zero attached hydrogens (tertiary/aromatic N) is 2. The average molecular weight is 185 g/mol. The van der Waals surface area contributed by atoms with Crippen molar-refractivity contribution in [2.24, 2.45) is 5.92 Å². The van der Waals surface area contributed by atoms with E-state index in [0.29, 0.717) is 11.8 Å². The number of aromatic nitrogens is 2. The van der Waals surface area contributed by atoms with Gasteiger partial charge in [-0.15, -0.1) is 11.6 Å². The van der Waals surface area contributed by atoms with Crippen molar-refractivity contribution in [2.75, 3.05) is 0 Å². The predicted molar refractivity (Wildman–Crippen MR) is 50.1 cm³/mol. The molecule has 12 heavy (non-hydrogen) atoms. The molecule has 0 N–H and O–H groups in total. The van der Waals surface area contributed by atoms with Gasteiger partial charge in [0.25, 0.3) is 0 Å². The van der Waals surface area contributed by atoms with Crippen LogP contribution in [-0.2, 0) is 12.3 Å². The average Bonchev–Trinajstić information content (AvgIpc) is 2.03. The van der Waals surface area contributed by atoms with Crippen LogP contribution in [0.15, 0.2) is 12.3 Å². The summed E-state index contributed by atoms with van der Waals surface area (Å²) < 4.78 is 0. The summed E-state index contributed by atoms with van der Waals surface area (Å²) in [6.45, 7) is 4.34. The van der Waals surface area contributed by atoms with E-state index in [1.807, 2.05) is 6.07 Å². The molecule has 0 unspecified atom stereocenters. The van der Waals surface area contributed by atoms with Crippen molar-refractivity contribution in [3.63, 3.8) is 0 Å². The number of hydrogen-bond donors (Lipinski definition) is 0. The topological polar surface area (TPSA) is 25.8 Å². The Labute approximate surface area is 78.0 Å². The molecule has 1 aromatic rings. The molecule has 0 spiro atoms. The van der Waals surface area contributed by atoms with Crippen LogP contribution in [0.5, 0.6) is 0 Å². The zero-order chi connectivity index (χ0) is 8.97. The van der Waals surface area contributed by atoms with Gasteiger partial charge in [-0.25, -0.2) is 9.97 Å². The standard InChI is InChI=1S/C9H13ClN2/c1-7(2)5-8-3-4-11-9(6-10)12-8/h3-4,7H,5-6H2,1-2H3. The lowest BCUT2D eigenvalue weighted by molar-refractivity contribution is 0.631. The lowest BCUT2D eigenvalue weighted by atomic mass is 10.1. The maximum Gasteiger partial charge on any atom is 0.143 e. The maximum absolute atomic E-state index is 5.61. The normalized spacial score (nSPS) is 10.7. The molecule has 0 saturated heterocycles. The van der Waals surface area contributed by atoms with Crippen molar-refractivity contribution in [3.05, 3.63) is 23.8 Å². The fourth-order valence-corrected chi connectivity index (χ4v) is 1.17. The molecular weight excluding hydrogens is 172 g/mol. The number of rotatable bonds is 3. The van der Waals surface area contributed by atoms with Gasteiger partial charge in [-0.3, -0.25) is 0 Å². The Morgan fingerprint density at radius 1 is 1.50 bits per heavy atom. The van der Waals surface area contributed by atoms with E-state index < -0.39 is 0 Å². The molecule has 2 nitrogen and oxygen atoms in total. The van der Waals surface area contributed by atoms with Gasteiger partial charge in [0.15, 0.2) is 0 Å². The highest BCUT2D eigenvalue weighted by atomic mass is 35.5. The zero-order valence-corrected chi connectivity index (χ0v) is 8.17. The first-order valence-electron chi connectivity index (χ1n) is 4.09. The fraction of sp³-hybridized carbons (Fsp3) is 0.556. The molecule has 66 valence electrons. The molecule has 3 heteroatoms. The van der Waals surface area contributed by atoms with E-state index in [1.165, 1.54) is 0 Å². The lowest BCUT2D eigenvalue weighted by Gasteiger charge is -2.03. The summed E-state index contributed by atoms with van der Waals surface area (Å²) in [5, 5.41) is 0. The second-order valence-electron chi connectivity index (χ2n) is 3.20. The molecule has 1 rings (SSSR count). The Hall–Kier alpha value is -0.630. The number of hydrogen-bond acceptors (Lipinski definition) is 2. The van der Waals surface area contributed by atoms with E-state index in [2.05, 4.69) is 23.8 Å². The van der Waals surface area contributed by atoms with E-state index in [9.17, 15) is 0 Å². The summed E-state index contributed by atoms with van der Waals surface area (Å²) in [4.78, 5) is 8.31. The molecule has 0 amide bonds. The predicted octanol–water partition coefficient (Wildman–Crippen LogP) is 2.41. The molecule has 0 fully saturated rings. The van der Waals surface area contributed by atoms with Gasteiger partial charge in [-0.1, -0.05) is 13.8 Å². The lowest BCUT2D eigenvalue weighted by Crippen LogP contribution is -2.00. The summed E-state index contributed by atoms with van der Waals surface area (Å²) in [6, 6.07) is 1.94. The third-order valence-electron chi connectivity index (χ3n) is 1.50. The molecule has 1 aromatic heterocycles. The Morgan fingerprint density at radius 2 is 2.25 bits per heavy atom. The minimum Gasteiger partial charge on any atom is -0.240 e. The van der Waals surface area contributed by atoms with Crippen LogP contribution in [0.2, 0.25) is 0 Å². The summed E-state index contributed by atoms with van der Waals surface area (Å²) in [6.07, 6.45) is 2.76. The van der Waals surface area contributed by atoms with Crippen LogP contribution in [0.4, 0.5) is 0 Å². The number of alkyl halides is 1. The van der Waals surface area contributed by atoms with Crippen molar-refractivity contribution in [1.82, 2.24) is 9.97 Å². The van der Waals surface area contributed by atoms with Crippen LogP contribution < -0.4 is 0 Å². The van der Waals surface area contributed by atoms with Crippen molar-refractivity contribution in [2.45, 2.75) is 26.1 Å². The summed E-state index contributed by atoms with van der Waals surface area (Å²) >= 11 is 5.61. The molecule has 0 atom stereocenters. The van der Waals surface area contributed by atoms with Crippen LogP contribution in [-0.4, -0.2) is 9.97 Å². The molecule has 0 bridgehead atoms. The Balaban J connectivity index is 2.72. The SMILES string of the molecule is CC(C)Cc1ccnc(CCl)n1. The second kappa shape index (κ2) is 4.41. The monoisotopic (exact) mass is 184 g/mol. The minimum atomic E-state index is 0.395. The first-order valence-corrected chi connectivity index (χ1v) is 4.62. The Bertz CT molecular complexity index is 248. The molecule has 0 aliphatic heterocycles. The van der Waals surface area contributed by atoms with Crippen molar-refractivity contribution >= 4 is 11.6 Å². The molecule has 0 aliphatic rings. The first-order chi connectivity index (χ1) is 5.72. The van der Waals surface area contributed by atoms with Crippen molar-refractivity contribution in [3.8, 4) is 0 Å². The van der Waals surface area contributed by atoms with Crippen molar-refractivity contribution in [1.29, 1.82) is 0 Å². The molecule has 0 radical (unpaired) electrons. The van der Waals surface area contributed by atoms with Gasteiger partial charge in [0, 0.05) is 11.9 Å². The minimum absolute atomic E-state index is 0.395. The Kier molecular flexibility index (Phi) is 3.48. The third kappa shape index (κ3) is 2.78. The largest absolute Gasteiger partial charge is 0.240 e. The van der Waals surface area contributed by atoms with Gasteiger partial charge >= 0.3 is 0 Å². The summed E-state index contributed by atoms with van der Waals surface area (Å²) in [5.74, 6) is 1.74. The van der Waals surface area contributed by atoms with Crippen LogP contribution in [0.3, 0.4) is 0 Å². The zero-order valence-electron chi connectivity index (χ0n) is 7.42. The van der Waals surface area contributed by atoms with Crippen LogP contribution in [0.1, 0.15) is 25.4 Å². The number of halogens is 1. The molecule has 0 aliphatic carbocycles. The van der Waals surface area contributed by atoms with E-state index >= 15 is 0 Å². The van der Waals surface area contributed by atoms with Gasteiger partial charge in [0.1, 0.15) is 5.82 Å². The van der Waals surface area contributed by atoms with Gasteiger partial charge in [-0.2, -0.15) is 0 Å². The molecule has 0 aromatic carbocycles. The van der Waals surface area contributed by atoms with E-state index in [-0.39, 0.29) is 0 Å².